The van der Waals surface area contributed by atoms with Crippen molar-refractivity contribution in [1.82, 2.24) is 15.6 Å². The van der Waals surface area contributed by atoms with Gasteiger partial charge in [-0.15, -0.1) is 0 Å². The second kappa shape index (κ2) is 7.09. The summed E-state index contributed by atoms with van der Waals surface area (Å²) >= 11 is 1.72. The monoisotopic (exact) mass is 292 g/mol. The minimum Gasteiger partial charge on any atom is -0.444 e. The van der Waals surface area contributed by atoms with Crippen molar-refractivity contribution >= 4 is 17.3 Å². The number of hydrogen-bond donors (Lipinski definition) is 2. The van der Waals surface area contributed by atoms with E-state index in [0.717, 1.165) is 30.4 Å². The van der Waals surface area contributed by atoms with Crippen LogP contribution >= 0.6 is 11.3 Å². The highest BCUT2D eigenvalue weighted by atomic mass is 32.1. The number of nitrogens with zero attached hydrogens (tertiary/aromatic N) is 2. The van der Waals surface area contributed by atoms with Gasteiger partial charge in [0.05, 0.1) is 12.2 Å². The molecule has 0 fully saturated rings. The SMILES string of the molecule is CN=C(NCCc1ccsc1)NCc1nc(C)c(C)o1. The molecule has 0 unspecified atom stereocenters. The van der Waals surface area contributed by atoms with Gasteiger partial charge in [0.2, 0.25) is 5.89 Å². The largest absolute Gasteiger partial charge is 0.444 e. The van der Waals surface area contributed by atoms with Crippen LogP contribution in [0.1, 0.15) is 22.9 Å². The Kier molecular flexibility index (Phi) is 5.17. The first-order valence-electron chi connectivity index (χ1n) is 6.57. The Morgan fingerprint density at radius 2 is 2.25 bits per heavy atom. The molecule has 0 aromatic carbocycles. The van der Waals surface area contributed by atoms with E-state index in [-0.39, 0.29) is 0 Å². The molecular formula is C14H20N4OS. The van der Waals surface area contributed by atoms with E-state index in [1.54, 1.807) is 18.4 Å². The van der Waals surface area contributed by atoms with Crippen LogP contribution in [0.3, 0.4) is 0 Å². The number of thiophene rings is 1. The minimum absolute atomic E-state index is 0.535. The van der Waals surface area contributed by atoms with Gasteiger partial charge in [0.1, 0.15) is 5.76 Å². The molecule has 2 aromatic heterocycles. The fourth-order valence-corrected chi connectivity index (χ4v) is 2.46. The summed E-state index contributed by atoms with van der Waals surface area (Å²) in [5.41, 5.74) is 2.28. The third-order valence-corrected chi connectivity index (χ3v) is 3.72. The highest BCUT2D eigenvalue weighted by Gasteiger charge is 2.06. The zero-order valence-electron chi connectivity index (χ0n) is 12.1. The van der Waals surface area contributed by atoms with Gasteiger partial charge in [0.25, 0.3) is 0 Å². The Labute approximate surface area is 123 Å². The molecular weight excluding hydrogens is 272 g/mol. The molecule has 0 radical (unpaired) electrons. The number of aryl methyl sites for hydroxylation is 2. The molecule has 5 nitrogen and oxygen atoms in total. The van der Waals surface area contributed by atoms with Gasteiger partial charge in [0, 0.05) is 13.6 Å². The summed E-state index contributed by atoms with van der Waals surface area (Å²) in [6.45, 7) is 5.24. The fraction of sp³-hybridized carbons (Fsp3) is 0.429. The van der Waals surface area contributed by atoms with Crippen LogP contribution in [0.15, 0.2) is 26.2 Å². The zero-order chi connectivity index (χ0) is 14.4. The predicted molar refractivity (Wildman–Crippen MR) is 82.2 cm³/mol. The molecule has 0 aliphatic carbocycles. The first kappa shape index (κ1) is 14.6. The van der Waals surface area contributed by atoms with Gasteiger partial charge in [-0.25, -0.2) is 4.98 Å². The first-order chi connectivity index (χ1) is 9.69. The molecule has 6 heteroatoms. The van der Waals surface area contributed by atoms with Crippen LogP contribution in [0.5, 0.6) is 0 Å². The molecule has 0 aliphatic heterocycles. The van der Waals surface area contributed by atoms with Crippen molar-refractivity contribution in [3.05, 3.63) is 39.7 Å². The van der Waals surface area contributed by atoms with Crippen molar-refractivity contribution in [2.45, 2.75) is 26.8 Å². The van der Waals surface area contributed by atoms with Gasteiger partial charge >= 0.3 is 0 Å². The maximum atomic E-state index is 5.52. The maximum Gasteiger partial charge on any atom is 0.214 e. The standard InChI is InChI=1S/C14H20N4OS/c1-10-11(2)19-13(18-10)8-17-14(15-3)16-6-4-12-5-7-20-9-12/h5,7,9H,4,6,8H2,1-3H3,(H2,15,16,17). The third kappa shape index (κ3) is 4.09. The van der Waals surface area contributed by atoms with Crippen molar-refractivity contribution in [3.8, 4) is 0 Å². The Hall–Kier alpha value is -1.82. The average Bonchev–Trinajstić information content (AvgIpc) is 3.05. The molecule has 0 saturated heterocycles. The number of nitrogens with one attached hydrogen (secondary N) is 2. The molecule has 0 aliphatic rings. The minimum atomic E-state index is 0.535. The summed E-state index contributed by atoms with van der Waals surface area (Å²) in [6.07, 6.45) is 0.988. The lowest BCUT2D eigenvalue weighted by Gasteiger charge is -2.09. The van der Waals surface area contributed by atoms with Crippen LogP contribution in [0.25, 0.3) is 0 Å². The number of rotatable bonds is 5. The van der Waals surface area contributed by atoms with Crippen LogP contribution in [0.2, 0.25) is 0 Å². The normalized spacial score (nSPS) is 11.7. The van der Waals surface area contributed by atoms with Gasteiger partial charge in [-0.05, 0) is 42.7 Å². The number of aromatic nitrogens is 1. The molecule has 2 aromatic rings. The summed E-state index contributed by atoms with van der Waals surface area (Å²) in [5.74, 6) is 2.30. The molecule has 20 heavy (non-hydrogen) atoms. The van der Waals surface area contributed by atoms with Crippen LogP contribution < -0.4 is 10.6 Å². The van der Waals surface area contributed by atoms with E-state index in [0.29, 0.717) is 12.4 Å². The highest BCUT2D eigenvalue weighted by Crippen LogP contribution is 2.07. The average molecular weight is 292 g/mol. The number of guanidine groups is 1. The van der Waals surface area contributed by atoms with Crippen molar-refractivity contribution in [2.24, 2.45) is 4.99 Å². The Morgan fingerprint density at radius 3 is 2.85 bits per heavy atom. The highest BCUT2D eigenvalue weighted by molar-refractivity contribution is 7.07. The van der Waals surface area contributed by atoms with Gasteiger partial charge < -0.3 is 15.1 Å². The quantitative estimate of drug-likeness (QED) is 0.655. The topological polar surface area (TPSA) is 62.5 Å². The molecule has 0 spiro atoms. The van der Waals surface area contributed by atoms with E-state index in [1.807, 2.05) is 13.8 Å². The molecule has 0 atom stereocenters. The Morgan fingerprint density at radius 1 is 1.40 bits per heavy atom. The van der Waals surface area contributed by atoms with E-state index < -0.39 is 0 Å². The lowest BCUT2D eigenvalue weighted by Crippen LogP contribution is -2.37. The van der Waals surface area contributed by atoms with E-state index in [1.165, 1.54) is 5.56 Å². The van der Waals surface area contributed by atoms with Crippen LogP contribution in [-0.4, -0.2) is 24.5 Å². The maximum absolute atomic E-state index is 5.52. The summed E-state index contributed by atoms with van der Waals surface area (Å²) in [6, 6.07) is 2.14. The van der Waals surface area contributed by atoms with Crippen LogP contribution in [0.4, 0.5) is 0 Å². The van der Waals surface area contributed by atoms with Crippen LogP contribution in [0, 0.1) is 13.8 Å². The Balaban J connectivity index is 1.75. The van der Waals surface area contributed by atoms with E-state index in [4.69, 9.17) is 4.42 Å². The number of oxazole rings is 1. The summed E-state index contributed by atoms with van der Waals surface area (Å²) < 4.78 is 5.52. The molecule has 2 rings (SSSR count). The molecule has 2 N–H and O–H groups in total. The second-order valence-corrected chi connectivity index (χ2v) is 5.26. The zero-order valence-corrected chi connectivity index (χ0v) is 12.9. The van der Waals surface area contributed by atoms with Crippen LogP contribution in [-0.2, 0) is 13.0 Å². The number of aliphatic imine (C=N–C) groups is 1. The van der Waals surface area contributed by atoms with Crippen molar-refractivity contribution < 1.29 is 4.42 Å². The second-order valence-electron chi connectivity index (χ2n) is 4.48. The first-order valence-corrected chi connectivity index (χ1v) is 7.52. The lowest BCUT2D eigenvalue weighted by molar-refractivity contribution is 0.464. The fourth-order valence-electron chi connectivity index (χ4n) is 1.75. The van der Waals surface area contributed by atoms with Crippen molar-refractivity contribution in [3.63, 3.8) is 0 Å². The molecule has 2 heterocycles. The van der Waals surface area contributed by atoms with E-state index >= 15 is 0 Å². The molecule has 0 amide bonds. The Bertz CT molecular complexity index is 540. The molecule has 0 saturated carbocycles. The third-order valence-electron chi connectivity index (χ3n) is 2.99. The summed E-state index contributed by atoms with van der Waals surface area (Å²) in [7, 11) is 1.76. The van der Waals surface area contributed by atoms with Crippen molar-refractivity contribution in [1.29, 1.82) is 0 Å². The number of hydrogen-bond acceptors (Lipinski definition) is 4. The predicted octanol–water partition coefficient (Wildman–Crippen LogP) is 2.26. The molecule has 108 valence electrons. The smallest absolute Gasteiger partial charge is 0.214 e. The van der Waals surface area contributed by atoms with Gasteiger partial charge in [-0.2, -0.15) is 11.3 Å². The van der Waals surface area contributed by atoms with E-state index in [2.05, 4.69) is 37.4 Å². The van der Waals surface area contributed by atoms with Crippen molar-refractivity contribution in [2.75, 3.05) is 13.6 Å². The molecule has 0 bridgehead atoms. The summed E-state index contributed by atoms with van der Waals surface area (Å²) in [5, 5.41) is 10.7. The van der Waals surface area contributed by atoms with Gasteiger partial charge in [-0.1, -0.05) is 0 Å². The van der Waals surface area contributed by atoms with Gasteiger partial charge in [-0.3, -0.25) is 4.99 Å². The van der Waals surface area contributed by atoms with Gasteiger partial charge in [0.15, 0.2) is 5.96 Å². The van der Waals surface area contributed by atoms with E-state index in [9.17, 15) is 0 Å². The summed E-state index contributed by atoms with van der Waals surface area (Å²) in [4.78, 5) is 8.51. The lowest BCUT2D eigenvalue weighted by atomic mass is 10.2.